The topological polar surface area (TPSA) is 99.3 Å². The molecular weight excluding hydrogens is 319 g/mol. The van der Waals surface area contributed by atoms with Gasteiger partial charge in [0, 0.05) is 6.20 Å². The molecule has 0 saturated carbocycles. The second-order valence-corrected chi connectivity index (χ2v) is 4.77. The Labute approximate surface area is 128 Å². The van der Waals surface area contributed by atoms with Gasteiger partial charge in [-0.2, -0.15) is 0 Å². The second-order valence-electron chi connectivity index (χ2n) is 3.95. The largest absolute Gasteiger partial charge is 0.478 e. The molecule has 0 aliphatic rings. The van der Waals surface area contributed by atoms with E-state index in [1.807, 2.05) is 0 Å². The molecule has 0 unspecified atom stereocenters. The summed E-state index contributed by atoms with van der Waals surface area (Å²) in [6, 6.07) is 5.42. The number of H-pyrrole nitrogens is 1. The van der Waals surface area contributed by atoms with E-state index in [0.29, 0.717) is 0 Å². The van der Waals surface area contributed by atoms with E-state index < -0.39 is 17.4 Å². The van der Waals surface area contributed by atoms with E-state index in [-0.39, 0.29) is 26.9 Å². The van der Waals surface area contributed by atoms with Crippen LogP contribution in [0.5, 0.6) is 0 Å². The van der Waals surface area contributed by atoms with Crippen LogP contribution in [0.4, 0.5) is 5.69 Å². The van der Waals surface area contributed by atoms with Gasteiger partial charge >= 0.3 is 5.97 Å². The lowest BCUT2D eigenvalue weighted by Gasteiger charge is -2.11. The Kier molecular flexibility index (Phi) is 4.30. The van der Waals surface area contributed by atoms with E-state index in [4.69, 9.17) is 28.3 Å². The summed E-state index contributed by atoms with van der Waals surface area (Å²) in [5.74, 6) is -2.14. The van der Waals surface area contributed by atoms with Gasteiger partial charge in [-0.25, -0.2) is 4.79 Å². The van der Waals surface area contributed by atoms with Gasteiger partial charge in [-0.05, 0) is 24.3 Å². The molecule has 108 valence electrons. The summed E-state index contributed by atoms with van der Waals surface area (Å²) >= 11 is 11.7. The Morgan fingerprint density at radius 2 is 1.81 bits per heavy atom. The first-order valence-electron chi connectivity index (χ1n) is 5.62. The number of carbonyl (C=O) groups is 2. The highest BCUT2D eigenvalue weighted by Crippen LogP contribution is 2.32. The third kappa shape index (κ3) is 3.07. The highest BCUT2D eigenvalue weighted by molar-refractivity contribution is 6.38. The van der Waals surface area contributed by atoms with Gasteiger partial charge in [0.1, 0.15) is 11.1 Å². The van der Waals surface area contributed by atoms with Crippen LogP contribution in [0.3, 0.4) is 0 Å². The number of carboxylic acid groups (broad SMARTS) is 1. The molecule has 1 amide bonds. The third-order valence-electron chi connectivity index (χ3n) is 2.62. The Bertz CT molecular complexity index is 786. The molecule has 0 aliphatic heterocycles. The lowest BCUT2D eigenvalue weighted by atomic mass is 10.1. The molecule has 1 heterocycles. The van der Waals surface area contributed by atoms with Gasteiger partial charge in [0.2, 0.25) is 0 Å². The molecule has 2 aromatic rings. The number of carboxylic acids is 1. The minimum Gasteiger partial charge on any atom is -0.478 e. The van der Waals surface area contributed by atoms with E-state index in [1.54, 1.807) is 0 Å². The number of nitrogens with one attached hydrogen (secondary N) is 2. The van der Waals surface area contributed by atoms with Crippen molar-refractivity contribution in [3.63, 3.8) is 0 Å². The maximum Gasteiger partial charge on any atom is 0.339 e. The molecule has 3 N–H and O–H groups in total. The lowest BCUT2D eigenvalue weighted by molar-refractivity contribution is 0.0698. The van der Waals surface area contributed by atoms with Gasteiger partial charge in [-0.1, -0.05) is 23.2 Å². The number of hydrogen-bond donors (Lipinski definition) is 3. The van der Waals surface area contributed by atoms with Crippen LogP contribution in [-0.4, -0.2) is 22.0 Å². The first kappa shape index (κ1) is 15.1. The molecule has 0 bridgehead atoms. The number of aromatic carboxylic acids is 1. The standard InChI is InChI=1S/C13H8Cl2N2O4/c14-7-3-4-8(15)10(9(7)13(20)21)17-12(19)6-2-1-5-16-11(6)18/h1-5H,(H,16,18)(H,17,19)(H,20,21). The number of aromatic amines is 1. The zero-order chi connectivity index (χ0) is 15.6. The van der Waals surface area contributed by atoms with Crippen molar-refractivity contribution in [2.24, 2.45) is 0 Å². The fourth-order valence-electron chi connectivity index (χ4n) is 1.66. The maximum absolute atomic E-state index is 12.0. The van der Waals surface area contributed by atoms with Gasteiger partial charge in [0.25, 0.3) is 11.5 Å². The molecule has 21 heavy (non-hydrogen) atoms. The summed E-state index contributed by atoms with van der Waals surface area (Å²) in [5.41, 5.74) is -1.29. The van der Waals surface area contributed by atoms with Crippen LogP contribution in [0, 0.1) is 0 Å². The van der Waals surface area contributed by atoms with E-state index >= 15 is 0 Å². The van der Waals surface area contributed by atoms with Crippen molar-refractivity contribution in [3.8, 4) is 0 Å². The first-order chi connectivity index (χ1) is 9.91. The van der Waals surface area contributed by atoms with E-state index in [0.717, 1.165) is 0 Å². The van der Waals surface area contributed by atoms with Gasteiger partial charge in [0.15, 0.2) is 0 Å². The van der Waals surface area contributed by atoms with Crippen molar-refractivity contribution >= 4 is 40.8 Å². The van der Waals surface area contributed by atoms with Crippen molar-refractivity contribution in [3.05, 3.63) is 62.0 Å². The SMILES string of the molecule is O=C(O)c1c(Cl)ccc(Cl)c1NC(=O)c1ccc[nH]c1=O. The lowest BCUT2D eigenvalue weighted by Crippen LogP contribution is -2.23. The fraction of sp³-hybridized carbons (Fsp3) is 0. The van der Waals surface area contributed by atoms with E-state index in [2.05, 4.69) is 10.3 Å². The Balaban J connectivity index is 2.47. The van der Waals surface area contributed by atoms with Crippen molar-refractivity contribution in [1.82, 2.24) is 4.98 Å². The third-order valence-corrected chi connectivity index (χ3v) is 3.25. The molecule has 0 radical (unpaired) electrons. The smallest absolute Gasteiger partial charge is 0.339 e. The number of hydrogen-bond acceptors (Lipinski definition) is 3. The normalized spacial score (nSPS) is 10.2. The minimum absolute atomic E-state index is 0.00231. The number of halogens is 2. The average molecular weight is 327 g/mol. The van der Waals surface area contributed by atoms with Crippen LogP contribution in [0.15, 0.2) is 35.3 Å². The molecule has 6 nitrogen and oxygen atoms in total. The number of rotatable bonds is 3. The summed E-state index contributed by atoms with van der Waals surface area (Å²) in [6.07, 6.45) is 1.37. The number of carbonyl (C=O) groups excluding carboxylic acids is 1. The van der Waals surface area contributed by atoms with Crippen molar-refractivity contribution in [2.75, 3.05) is 5.32 Å². The molecule has 0 saturated heterocycles. The molecule has 8 heteroatoms. The van der Waals surface area contributed by atoms with Crippen molar-refractivity contribution in [1.29, 1.82) is 0 Å². The molecule has 0 aliphatic carbocycles. The molecule has 0 fully saturated rings. The van der Waals surface area contributed by atoms with Crippen molar-refractivity contribution < 1.29 is 14.7 Å². The van der Waals surface area contributed by atoms with E-state index in [1.165, 1.54) is 30.5 Å². The molecule has 0 atom stereocenters. The van der Waals surface area contributed by atoms with Crippen LogP contribution in [0.25, 0.3) is 0 Å². The first-order valence-corrected chi connectivity index (χ1v) is 6.37. The summed E-state index contributed by atoms with van der Waals surface area (Å²) in [7, 11) is 0. The van der Waals surface area contributed by atoms with E-state index in [9.17, 15) is 14.4 Å². The monoisotopic (exact) mass is 326 g/mol. The minimum atomic E-state index is -1.35. The van der Waals surface area contributed by atoms with Crippen molar-refractivity contribution in [2.45, 2.75) is 0 Å². The zero-order valence-electron chi connectivity index (χ0n) is 10.3. The number of benzene rings is 1. The molecule has 1 aromatic heterocycles. The number of aromatic nitrogens is 1. The zero-order valence-corrected chi connectivity index (χ0v) is 11.8. The highest BCUT2D eigenvalue weighted by atomic mass is 35.5. The fourth-order valence-corrected chi connectivity index (χ4v) is 2.11. The Morgan fingerprint density at radius 1 is 1.14 bits per heavy atom. The predicted molar refractivity (Wildman–Crippen MR) is 78.4 cm³/mol. The Hall–Kier alpha value is -2.31. The average Bonchev–Trinajstić information content (AvgIpc) is 2.43. The van der Waals surface area contributed by atoms with Crippen LogP contribution in [-0.2, 0) is 0 Å². The van der Waals surface area contributed by atoms with Gasteiger partial charge < -0.3 is 15.4 Å². The van der Waals surface area contributed by atoms with Crippen LogP contribution in [0.2, 0.25) is 10.0 Å². The molecule has 1 aromatic carbocycles. The summed E-state index contributed by atoms with van der Waals surface area (Å²) in [5, 5.41) is 11.4. The quantitative estimate of drug-likeness (QED) is 0.807. The molecule has 2 rings (SSSR count). The van der Waals surface area contributed by atoms with Crippen LogP contribution < -0.4 is 10.9 Å². The Morgan fingerprint density at radius 3 is 2.43 bits per heavy atom. The van der Waals surface area contributed by atoms with Gasteiger partial charge in [-0.3, -0.25) is 9.59 Å². The van der Waals surface area contributed by atoms with Gasteiger partial charge in [0.05, 0.1) is 15.7 Å². The van der Waals surface area contributed by atoms with Crippen LogP contribution >= 0.6 is 23.2 Å². The summed E-state index contributed by atoms with van der Waals surface area (Å²) < 4.78 is 0. The van der Waals surface area contributed by atoms with Crippen LogP contribution in [0.1, 0.15) is 20.7 Å². The maximum atomic E-state index is 12.0. The van der Waals surface area contributed by atoms with Gasteiger partial charge in [-0.15, -0.1) is 0 Å². The molecular formula is C13H8Cl2N2O4. The number of pyridine rings is 1. The summed E-state index contributed by atoms with van der Waals surface area (Å²) in [4.78, 5) is 37.1. The predicted octanol–water partition coefficient (Wildman–Crippen LogP) is 2.63. The summed E-state index contributed by atoms with van der Waals surface area (Å²) in [6.45, 7) is 0. The molecule has 0 spiro atoms. The number of anilines is 1. The second kappa shape index (κ2) is 5.99. The highest BCUT2D eigenvalue weighted by Gasteiger charge is 2.21. The number of amides is 1.